The SMILES string of the molecule is CC1N[C@H](C)C(C)(C)N1C. The molecule has 1 N–H and O–H groups in total. The average molecular weight is 142 g/mol. The average Bonchev–Trinajstić information content (AvgIpc) is 1.97. The normalized spacial score (nSPS) is 40.5. The van der Waals surface area contributed by atoms with E-state index >= 15 is 0 Å². The zero-order valence-corrected chi connectivity index (χ0v) is 7.60. The van der Waals surface area contributed by atoms with Crippen molar-refractivity contribution in [2.45, 2.75) is 45.4 Å². The molecule has 0 spiro atoms. The smallest absolute Gasteiger partial charge is 0.0573 e. The second-order valence-electron chi connectivity index (χ2n) is 3.83. The van der Waals surface area contributed by atoms with Crippen molar-refractivity contribution < 1.29 is 0 Å². The summed E-state index contributed by atoms with van der Waals surface area (Å²) in [7, 11) is 2.17. The van der Waals surface area contributed by atoms with Gasteiger partial charge in [0.15, 0.2) is 0 Å². The van der Waals surface area contributed by atoms with Gasteiger partial charge in [0.25, 0.3) is 0 Å². The highest BCUT2D eigenvalue weighted by molar-refractivity contribution is 4.97. The first kappa shape index (κ1) is 8.02. The van der Waals surface area contributed by atoms with E-state index in [1.54, 1.807) is 0 Å². The lowest BCUT2D eigenvalue weighted by Gasteiger charge is -2.31. The van der Waals surface area contributed by atoms with Gasteiger partial charge in [-0.15, -0.1) is 0 Å². The molecule has 2 nitrogen and oxygen atoms in total. The maximum Gasteiger partial charge on any atom is 0.0573 e. The van der Waals surface area contributed by atoms with Crippen molar-refractivity contribution in [1.82, 2.24) is 10.2 Å². The largest absolute Gasteiger partial charge is 0.298 e. The van der Waals surface area contributed by atoms with E-state index in [0.29, 0.717) is 17.7 Å². The Morgan fingerprint density at radius 1 is 1.30 bits per heavy atom. The molecular formula is C8H18N2. The molecule has 0 aromatic heterocycles. The van der Waals surface area contributed by atoms with Gasteiger partial charge in [-0.05, 0) is 34.7 Å². The first-order valence-corrected chi connectivity index (χ1v) is 3.95. The molecule has 1 aliphatic rings. The van der Waals surface area contributed by atoms with Crippen LogP contribution < -0.4 is 5.32 Å². The van der Waals surface area contributed by atoms with Crippen molar-refractivity contribution in [1.29, 1.82) is 0 Å². The molecule has 0 radical (unpaired) electrons. The first-order chi connectivity index (χ1) is 4.46. The predicted octanol–water partition coefficient (Wildman–Crippen LogP) is 1.03. The topological polar surface area (TPSA) is 15.3 Å². The van der Waals surface area contributed by atoms with E-state index in [0.717, 1.165) is 0 Å². The molecular weight excluding hydrogens is 124 g/mol. The Morgan fingerprint density at radius 2 is 1.80 bits per heavy atom. The molecule has 1 fully saturated rings. The van der Waals surface area contributed by atoms with Crippen molar-refractivity contribution >= 4 is 0 Å². The second-order valence-corrected chi connectivity index (χ2v) is 3.83. The number of hydrogen-bond acceptors (Lipinski definition) is 2. The minimum atomic E-state index is 0.305. The Morgan fingerprint density at radius 3 is 1.90 bits per heavy atom. The van der Waals surface area contributed by atoms with Crippen LogP contribution in [0.3, 0.4) is 0 Å². The van der Waals surface area contributed by atoms with Crippen LogP contribution in [0, 0.1) is 0 Å². The van der Waals surface area contributed by atoms with E-state index in [-0.39, 0.29) is 0 Å². The molecule has 10 heavy (non-hydrogen) atoms. The molecule has 2 atom stereocenters. The van der Waals surface area contributed by atoms with Crippen LogP contribution in [0.2, 0.25) is 0 Å². The lowest BCUT2D eigenvalue weighted by atomic mass is 9.97. The fourth-order valence-electron chi connectivity index (χ4n) is 1.48. The molecule has 1 aliphatic heterocycles. The van der Waals surface area contributed by atoms with Crippen molar-refractivity contribution in [2.24, 2.45) is 0 Å². The fourth-order valence-corrected chi connectivity index (χ4v) is 1.48. The third kappa shape index (κ3) is 0.956. The van der Waals surface area contributed by atoms with Gasteiger partial charge in [0.1, 0.15) is 0 Å². The lowest BCUT2D eigenvalue weighted by Crippen LogP contribution is -2.43. The lowest BCUT2D eigenvalue weighted by molar-refractivity contribution is 0.169. The van der Waals surface area contributed by atoms with Crippen LogP contribution in [0.15, 0.2) is 0 Å². The van der Waals surface area contributed by atoms with Crippen molar-refractivity contribution in [3.8, 4) is 0 Å². The van der Waals surface area contributed by atoms with E-state index in [1.165, 1.54) is 0 Å². The minimum absolute atomic E-state index is 0.305. The number of nitrogens with zero attached hydrogens (tertiary/aromatic N) is 1. The Hall–Kier alpha value is -0.0800. The molecule has 0 aromatic rings. The molecule has 60 valence electrons. The quantitative estimate of drug-likeness (QED) is 0.543. The Bertz CT molecular complexity index is 131. The number of likely N-dealkylation sites (N-methyl/N-ethyl adjacent to an activating group) is 1. The van der Waals surface area contributed by atoms with Crippen molar-refractivity contribution in [3.63, 3.8) is 0 Å². The van der Waals surface area contributed by atoms with Crippen LogP contribution in [-0.4, -0.2) is 29.7 Å². The van der Waals surface area contributed by atoms with Crippen LogP contribution >= 0.6 is 0 Å². The maximum absolute atomic E-state index is 3.48. The third-order valence-electron chi connectivity index (χ3n) is 3.04. The highest BCUT2D eigenvalue weighted by Crippen LogP contribution is 2.25. The zero-order chi connectivity index (χ0) is 7.94. The van der Waals surface area contributed by atoms with Gasteiger partial charge in [-0.2, -0.15) is 0 Å². The molecule has 0 aromatic carbocycles. The van der Waals surface area contributed by atoms with Crippen molar-refractivity contribution in [2.75, 3.05) is 7.05 Å². The first-order valence-electron chi connectivity index (χ1n) is 3.95. The molecule has 2 heteroatoms. The van der Waals surface area contributed by atoms with Gasteiger partial charge in [0, 0.05) is 11.6 Å². The summed E-state index contributed by atoms with van der Waals surface area (Å²) in [5, 5.41) is 3.48. The molecule has 1 rings (SSSR count). The van der Waals surface area contributed by atoms with Gasteiger partial charge in [-0.25, -0.2) is 0 Å². The Labute approximate surface area is 63.6 Å². The summed E-state index contributed by atoms with van der Waals surface area (Å²) < 4.78 is 0. The molecule has 1 heterocycles. The molecule has 0 amide bonds. The molecule has 1 unspecified atom stereocenters. The summed E-state index contributed by atoms with van der Waals surface area (Å²) >= 11 is 0. The summed E-state index contributed by atoms with van der Waals surface area (Å²) in [4.78, 5) is 2.37. The molecule has 0 bridgehead atoms. The molecule has 1 saturated heterocycles. The van der Waals surface area contributed by atoms with E-state index in [2.05, 4.69) is 45.0 Å². The van der Waals surface area contributed by atoms with Crippen LogP contribution in [-0.2, 0) is 0 Å². The standard InChI is InChI=1S/C8H18N2/c1-6-8(3,4)10(5)7(2)9-6/h6-7,9H,1-5H3/t6-,7?/m1/s1. The summed E-state index contributed by atoms with van der Waals surface area (Å²) in [6, 6.07) is 0.590. The van der Waals surface area contributed by atoms with Gasteiger partial charge >= 0.3 is 0 Å². The third-order valence-corrected chi connectivity index (χ3v) is 3.04. The summed E-state index contributed by atoms with van der Waals surface area (Å²) in [6.07, 6.45) is 0.519. The Kier molecular flexibility index (Phi) is 1.77. The minimum Gasteiger partial charge on any atom is -0.298 e. The van der Waals surface area contributed by atoms with Crippen LogP contribution in [0.4, 0.5) is 0 Å². The molecule has 0 saturated carbocycles. The van der Waals surface area contributed by atoms with Crippen molar-refractivity contribution in [3.05, 3.63) is 0 Å². The van der Waals surface area contributed by atoms with Crippen LogP contribution in [0.1, 0.15) is 27.7 Å². The van der Waals surface area contributed by atoms with E-state index in [1.807, 2.05) is 0 Å². The van der Waals surface area contributed by atoms with Gasteiger partial charge in [-0.3, -0.25) is 10.2 Å². The summed E-state index contributed by atoms with van der Waals surface area (Å²) in [5.74, 6) is 0. The van der Waals surface area contributed by atoms with E-state index in [9.17, 15) is 0 Å². The fraction of sp³-hybridized carbons (Fsp3) is 1.00. The number of hydrogen-bond donors (Lipinski definition) is 1. The van der Waals surface area contributed by atoms with E-state index < -0.39 is 0 Å². The van der Waals surface area contributed by atoms with Gasteiger partial charge < -0.3 is 0 Å². The van der Waals surface area contributed by atoms with Gasteiger partial charge in [0.2, 0.25) is 0 Å². The highest BCUT2D eigenvalue weighted by Gasteiger charge is 2.39. The summed E-state index contributed by atoms with van der Waals surface area (Å²) in [5.41, 5.74) is 0.305. The monoisotopic (exact) mass is 142 g/mol. The van der Waals surface area contributed by atoms with Gasteiger partial charge in [-0.1, -0.05) is 0 Å². The molecule has 0 aliphatic carbocycles. The zero-order valence-electron chi connectivity index (χ0n) is 7.60. The predicted molar refractivity (Wildman–Crippen MR) is 43.9 cm³/mol. The van der Waals surface area contributed by atoms with E-state index in [4.69, 9.17) is 0 Å². The number of nitrogens with one attached hydrogen (secondary N) is 1. The van der Waals surface area contributed by atoms with Gasteiger partial charge in [0.05, 0.1) is 6.17 Å². The number of rotatable bonds is 0. The summed E-state index contributed by atoms with van der Waals surface area (Å²) in [6.45, 7) is 8.98. The van der Waals surface area contributed by atoms with Crippen LogP contribution in [0.25, 0.3) is 0 Å². The highest BCUT2D eigenvalue weighted by atomic mass is 15.4. The maximum atomic E-state index is 3.48. The van der Waals surface area contributed by atoms with Crippen LogP contribution in [0.5, 0.6) is 0 Å². The Balaban J connectivity index is 2.75. The second kappa shape index (κ2) is 2.21.